The van der Waals surface area contributed by atoms with Gasteiger partial charge >= 0.3 is 0 Å². The van der Waals surface area contributed by atoms with E-state index in [4.69, 9.17) is 0 Å². The molecule has 2 aromatic rings. The molecule has 1 heterocycles. The number of aliphatic hydroxyl groups excluding tert-OH is 1. The number of nitrogens with zero attached hydrogens (tertiary/aromatic N) is 1. The summed E-state index contributed by atoms with van der Waals surface area (Å²) in [6, 6.07) is 8.92. The maximum Gasteiger partial charge on any atom is 0.255 e. The van der Waals surface area contributed by atoms with Crippen molar-refractivity contribution in [3.8, 4) is 0 Å². The third-order valence-electron chi connectivity index (χ3n) is 2.45. The van der Waals surface area contributed by atoms with E-state index in [2.05, 4.69) is 15.5 Å². The lowest BCUT2D eigenvalue weighted by molar-refractivity contribution is 0.0916. The fraction of sp³-hybridized carbons (Fsp3) is 0.167. The van der Waals surface area contributed by atoms with Gasteiger partial charge in [0.2, 0.25) is 0 Å². The number of aromatic nitrogens is 2. The molecule has 0 aliphatic heterocycles. The Balaban J connectivity index is 2.09. The number of hydrogen-bond acceptors (Lipinski definition) is 3. The standard InChI is InChI=1S/C12H13N3O2/c16-8-11(9-4-2-1-3-5-9)15-12(17)10-6-13-14-7-10/h1-7,11,16H,8H2,(H,13,14)(H,15,17)/t11-/m0/s1. The molecule has 1 aromatic carbocycles. The summed E-state index contributed by atoms with van der Waals surface area (Å²) in [7, 11) is 0. The highest BCUT2D eigenvalue weighted by atomic mass is 16.3. The van der Waals surface area contributed by atoms with E-state index in [1.807, 2.05) is 30.3 Å². The quantitative estimate of drug-likeness (QED) is 0.730. The summed E-state index contributed by atoms with van der Waals surface area (Å²) in [6.45, 7) is -0.145. The van der Waals surface area contributed by atoms with Gasteiger partial charge in [-0.05, 0) is 5.56 Å². The number of carbonyl (C=O) groups excluding carboxylic acids is 1. The van der Waals surface area contributed by atoms with Gasteiger partial charge in [-0.1, -0.05) is 30.3 Å². The highest BCUT2D eigenvalue weighted by molar-refractivity contribution is 5.93. The molecule has 1 atom stereocenters. The topological polar surface area (TPSA) is 78.0 Å². The molecule has 1 amide bonds. The van der Waals surface area contributed by atoms with E-state index in [1.54, 1.807) is 0 Å². The molecule has 0 fully saturated rings. The van der Waals surface area contributed by atoms with Crippen molar-refractivity contribution in [3.63, 3.8) is 0 Å². The third kappa shape index (κ3) is 2.70. The van der Waals surface area contributed by atoms with Gasteiger partial charge in [-0.2, -0.15) is 5.10 Å². The first-order valence-electron chi connectivity index (χ1n) is 5.26. The third-order valence-corrected chi connectivity index (χ3v) is 2.45. The van der Waals surface area contributed by atoms with Gasteiger partial charge in [-0.15, -0.1) is 0 Å². The number of nitrogens with one attached hydrogen (secondary N) is 2. The number of aliphatic hydroxyl groups is 1. The maximum atomic E-state index is 11.8. The zero-order valence-electron chi connectivity index (χ0n) is 9.13. The first-order chi connectivity index (χ1) is 8.31. The van der Waals surface area contributed by atoms with Crippen molar-refractivity contribution in [2.24, 2.45) is 0 Å². The number of hydrogen-bond donors (Lipinski definition) is 3. The summed E-state index contributed by atoms with van der Waals surface area (Å²) < 4.78 is 0. The van der Waals surface area contributed by atoms with Gasteiger partial charge in [0, 0.05) is 6.20 Å². The second-order valence-corrected chi connectivity index (χ2v) is 3.61. The van der Waals surface area contributed by atoms with Gasteiger partial charge in [0.15, 0.2) is 0 Å². The van der Waals surface area contributed by atoms with E-state index in [0.29, 0.717) is 5.56 Å². The number of rotatable bonds is 4. The highest BCUT2D eigenvalue weighted by Gasteiger charge is 2.14. The summed E-state index contributed by atoms with van der Waals surface area (Å²) in [5, 5.41) is 18.3. The van der Waals surface area contributed by atoms with Crippen LogP contribution >= 0.6 is 0 Å². The molecule has 0 unspecified atom stereocenters. The Morgan fingerprint density at radius 1 is 1.41 bits per heavy atom. The van der Waals surface area contributed by atoms with Gasteiger partial charge in [0.05, 0.1) is 24.4 Å². The van der Waals surface area contributed by atoms with Gasteiger partial charge in [-0.3, -0.25) is 9.89 Å². The smallest absolute Gasteiger partial charge is 0.255 e. The Kier molecular flexibility index (Phi) is 3.52. The van der Waals surface area contributed by atoms with E-state index >= 15 is 0 Å². The van der Waals surface area contributed by atoms with Crippen LogP contribution in [0.1, 0.15) is 22.0 Å². The Hall–Kier alpha value is -2.14. The van der Waals surface area contributed by atoms with Gasteiger partial charge in [0.25, 0.3) is 5.91 Å². The molecular formula is C12H13N3O2. The molecule has 0 bridgehead atoms. The van der Waals surface area contributed by atoms with Gasteiger partial charge in [-0.25, -0.2) is 0 Å². The predicted molar refractivity (Wildman–Crippen MR) is 62.3 cm³/mol. The number of aromatic amines is 1. The minimum Gasteiger partial charge on any atom is -0.394 e. The molecule has 3 N–H and O–H groups in total. The largest absolute Gasteiger partial charge is 0.394 e. The van der Waals surface area contributed by atoms with Crippen molar-refractivity contribution < 1.29 is 9.90 Å². The molecular weight excluding hydrogens is 218 g/mol. The van der Waals surface area contributed by atoms with Crippen molar-refractivity contribution in [1.29, 1.82) is 0 Å². The molecule has 0 aliphatic rings. The van der Waals surface area contributed by atoms with Crippen molar-refractivity contribution in [1.82, 2.24) is 15.5 Å². The Morgan fingerprint density at radius 3 is 2.76 bits per heavy atom. The minimum absolute atomic E-state index is 0.145. The summed E-state index contributed by atoms with van der Waals surface area (Å²) in [6.07, 6.45) is 2.95. The van der Waals surface area contributed by atoms with Crippen LogP contribution in [0.25, 0.3) is 0 Å². The molecule has 0 saturated carbocycles. The molecule has 0 saturated heterocycles. The molecule has 17 heavy (non-hydrogen) atoms. The summed E-state index contributed by atoms with van der Waals surface area (Å²) in [4.78, 5) is 11.8. The maximum absolute atomic E-state index is 11.8. The number of benzene rings is 1. The number of amides is 1. The predicted octanol–water partition coefficient (Wildman–Crippen LogP) is 0.873. The van der Waals surface area contributed by atoms with Gasteiger partial charge < -0.3 is 10.4 Å². The number of H-pyrrole nitrogens is 1. The Labute approximate surface area is 98.5 Å². The highest BCUT2D eigenvalue weighted by Crippen LogP contribution is 2.12. The van der Waals surface area contributed by atoms with Crippen LogP contribution in [-0.4, -0.2) is 27.8 Å². The van der Waals surface area contributed by atoms with Crippen molar-refractivity contribution in [2.45, 2.75) is 6.04 Å². The van der Waals surface area contributed by atoms with Gasteiger partial charge in [0.1, 0.15) is 0 Å². The van der Waals surface area contributed by atoms with E-state index in [9.17, 15) is 9.90 Å². The second kappa shape index (κ2) is 5.27. The lowest BCUT2D eigenvalue weighted by Crippen LogP contribution is -2.30. The van der Waals surface area contributed by atoms with E-state index in [0.717, 1.165) is 5.56 Å². The van der Waals surface area contributed by atoms with Crippen LogP contribution in [0.2, 0.25) is 0 Å². The lowest BCUT2D eigenvalue weighted by Gasteiger charge is -2.15. The first kappa shape index (κ1) is 11.3. The second-order valence-electron chi connectivity index (χ2n) is 3.61. The molecule has 0 spiro atoms. The van der Waals surface area contributed by atoms with Crippen LogP contribution in [0, 0.1) is 0 Å². The van der Waals surface area contributed by atoms with E-state index in [-0.39, 0.29) is 12.5 Å². The lowest BCUT2D eigenvalue weighted by atomic mass is 10.1. The number of carbonyl (C=O) groups is 1. The van der Waals surface area contributed by atoms with Crippen LogP contribution in [0.3, 0.4) is 0 Å². The molecule has 0 radical (unpaired) electrons. The molecule has 2 rings (SSSR count). The van der Waals surface area contributed by atoms with Crippen LogP contribution in [0.5, 0.6) is 0 Å². The van der Waals surface area contributed by atoms with Crippen molar-refractivity contribution in [3.05, 3.63) is 53.9 Å². The van der Waals surface area contributed by atoms with Crippen LogP contribution in [-0.2, 0) is 0 Å². The average molecular weight is 231 g/mol. The van der Waals surface area contributed by atoms with Crippen molar-refractivity contribution >= 4 is 5.91 Å². The molecule has 88 valence electrons. The fourth-order valence-electron chi connectivity index (χ4n) is 1.54. The van der Waals surface area contributed by atoms with Crippen LogP contribution in [0.15, 0.2) is 42.7 Å². The zero-order valence-corrected chi connectivity index (χ0v) is 9.13. The monoisotopic (exact) mass is 231 g/mol. The van der Waals surface area contributed by atoms with E-state index in [1.165, 1.54) is 12.4 Å². The van der Waals surface area contributed by atoms with Crippen molar-refractivity contribution in [2.75, 3.05) is 6.61 Å². The normalized spacial score (nSPS) is 12.1. The first-order valence-corrected chi connectivity index (χ1v) is 5.26. The van der Waals surface area contributed by atoms with Crippen LogP contribution < -0.4 is 5.32 Å². The minimum atomic E-state index is -0.404. The zero-order chi connectivity index (χ0) is 12.1. The van der Waals surface area contributed by atoms with Crippen LogP contribution in [0.4, 0.5) is 0 Å². The Bertz CT molecular complexity index is 468. The Morgan fingerprint density at radius 2 is 2.18 bits per heavy atom. The molecule has 5 heteroatoms. The summed E-state index contributed by atoms with van der Waals surface area (Å²) in [5.41, 5.74) is 1.31. The fourth-order valence-corrected chi connectivity index (χ4v) is 1.54. The average Bonchev–Trinajstić information content (AvgIpc) is 2.90. The molecule has 1 aromatic heterocycles. The molecule has 0 aliphatic carbocycles. The van der Waals surface area contributed by atoms with E-state index < -0.39 is 6.04 Å². The SMILES string of the molecule is O=C(N[C@@H](CO)c1ccccc1)c1cn[nH]c1. The summed E-state index contributed by atoms with van der Waals surface area (Å²) >= 11 is 0. The molecule has 5 nitrogen and oxygen atoms in total. The summed E-state index contributed by atoms with van der Waals surface area (Å²) in [5.74, 6) is -0.262.